The van der Waals surface area contributed by atoms with Gasteiger partial charge in [0.25, 0.3) is 0 Å². The standard InChI is InChI=1S/C14H15N3O2/c1-10(19)16-13-4-5-17(8-13)14-3-2-11(9-18)6-12(14)7-15/h2-3,6,9,13H,4-5,8H2,1H3,(H,16,19). The molecule has 1 aromatic rings. The molecule has 1 aromatic carbocycles. The second kappa shape index (κ2) is 5.53. The van der Waals surface area contributed by atoms with Gasteiger partial charge in [0.05, 0.1) is 11.3 Å². The highest BCUT2D eigenvalue weighted by atomic mass is 16.1. The molecule has 1 saturated heterocycles. The van der Waals surface area contributed by atoms with E-state index in [4.69, 9.17) is 5.26 Å². The summed E-state index contributed by atoms with van der Waals surface area (Å²) in [5.41, 5.74) is 1.81. The van der Waals surface area contributed by atoms with Gasteiger partial charge in [0.1, 0.15) is 12.4 Å². The number of anilines is 1. The van der Waals surface area contributed by atoms with Gasteiger partial charge < -0.3 is 10.2 Å². The predicted octanol–water partition coefficient (Wildman–Crippen LogP) is 1.09. The highest BCUT2D eigenvalue weighted by Crippen LogP contribution is 2.25. The van der Waals surface area contributed by atoms with Crippen molar-refractivity contribution in [3.05, 3.63) is 29.3 Å². The molecule has 0 aliphatic carbocycles. The van der Waals surface area contributed by atoms with Gasteiger partial charge in [0.15, 0.2) is 0 Å². The molecular formula is C14H15N3O2. The number of nitriles is 1. The van der Waals surface area contributed by atoms with Crippen LogP contribution in [0.4, 0.5) is 5.69 Å². The largest absolute Gasteiger partial charge is 0.368 e. The molecule has 19 heavy (non-hydrogen) atoms. The molecular weight excluding hydrogens is 242 g/mol. The number of hydrogen-bond acceptors (Lipinski definition) is 4. The third-order valence-electron chi connectivity index (χ3n) is 3.21. The van der Waals surface area contributed by atoms with Crippen LogP contribution in [-0.2, 0) is 4.79 Å². The topological polar surface area (TPSA) is 73.2 Å². The van der Waals surface area contributed by atoms with E-state index in [9.17, 15) is 9.59 Å². The van der Waals surface area contributed by atoms with Crippen molar-refractivity contribution in [1.29, 1.82) is 5.26 Å². The second-order valence-electron chi connectivity index (χ2n) is 4.64. The van der Waals surface area contributed by atoms with Crippen LogP contribution in [0.25, 0.3) is 0 Å². The Morgan fingerprint density at radius 3 is 3.00 bits per heavy atom. The average Bonchev–Trinajstić information content (AvgIpc) is 2.85. The molecule has 0 spiro atoms. The molecule has 1 N–H and O–H groups in total. The molecule has 1 amide bonds. The second-order valence-corrected chi connectivity index (χ2v) is 4.64. The van der Waals surface area contributed by atoms with Crippen LogP contribution in [0.2, 0.25) is 0 Å². The molecule has 0 aromatic heterocycles. The zero-order valence-corrected chi connectivity index (χ0v) is 10.7. The van der Waals surface area contributed by atoms with E-state index < -0.39 is 0 Å². The van der Waals surface area contributed by atoms with E-state index in [2.05, 4.69) is 16.3 Å². The number of hydrogen-bond donors (Lipinski definition) is 1. The number of benzene rings is 1. The van der Waals surface area contributed by atoms with Gasteiger partial charge in [-0.25, -0.2) is 0 Å². The van der Waals surface area contributed by atoms with Crippen molar-refractivity contribution < 1.29 is 9.59 Å². The Kier molecular flexibility index (Phi) is 3.81. The summed E-state index contributed by atoms with van der Waals surface area (Å²) in [7, 11) is 0. The lowest BCUT2D eigenvalue weighted by molar-refractivity contribution is -0.119. The Balaban J connectivity index is 2.17. The first-order valence-corrected chi connectivity index (χ1v) is 6.15. The third-order valence-corrected chi connectivity index (χ3v) is 3.21. The Labute approximate surface area is 111 Å². The first kappa shape index (κ1) is 13.1. The van der Waals surface area contributed by atoms with Crippen LogP contribution in [-0.4, -0.2) is 31.3 Å². The summed E-state index contributed by atoms with van der Waals surface area (Å²) in [6.45, 7) is 2.98. The number of nitrogens with one attached hydrogen (secondary N) is 1. The average molecular weight is 257 g/mol. The van der Waals surface area contributed by atoms with Crippen molar-refractivity contribution in [1.82, 2.24) is 5.32 Å². The molecule has 2 rings (SSSR count). The van der Waals surface area contributed by atoms with Gasteiger partial charge in [0, 0.05) is 31.6 Å². The number of amides is 1. The van der Waals surface area contributed by atoms with E-state index in [0.29, 0.717) is 17.7 Å². The lowest BCUT2D eigenvalue weighted by Crippen LogP contribution is -2.35. The van der Waals surface area contributed by atoms with E-state index in [-0.39, 0.29) is 11.9 Å². The highest BCUT2D eigenvalue weighted by molar-refractivity contribution is 5.78. The SMILES string of the molecule is CC(=O)NC1CCN(c2ccc(C=O)cc2C#N)C1. The Bertz CT molecular complexity index is 548. The van der Waals surface area contributed by atoms with Crippen LogP contribution < -0.4 is 10.2 Å². The van der Waals surface area contributed by atoms with Gasteiger partial charge in [-0.15, -0.1) is 0 Å². The predicted molar refractivity (Wildman–Crippen MR) is 71.0 cm³/mol. The van der Waals surface area contributed by atoms with Crippen LogP contribution in [0.3, 0.4) is 0 Å². The Hall–Kier alpha value is -2.35. The van der Waals surface area contributed by atoms with E-state index in [0.717, 1.165) is 24.9 Å². The Morgan fingerprint density at radius 1 is 1.58 bits per heavy atom. The fourth-order valence-corrected chi connectivity index (χ4v) is 2.38. The van der Waals surface area contributed by atoms with E-state index in [1.807, 2.05) is 0 Å². The zero-order chi connectivity index (χ0) is 13.8. The van der Waals surface area contributed by atoms with Gasteiger partial charge in [-0.2, -0.15) is 5.26 Å². The molecule has 0 bridgehead atoms. The van der Waals surface area contributed by atoms with Crippen molar-refractivity contribution in [2.24, 2.45) is 0 Å². The summed E-state index contributed by atoms with van der Waals surface area (Å²) in [4.78, 5) is 23.8. The number of carbonyl (C=O) groups is 2. The number of rotatable bonds is 3. The first-order chi connectivity index (χ1) is 9.13. The quantitative estimate of drug-likeness (QED) is 0.822. The lowest BCUT2D eigenvalue weighted by Gasteiger charge is -2.20. The summed E-state index contributed by atoms with van der Waals surface area (Å²) >= 11 is 0. The summed E-state index contributed by atoms with van der Waals surface area (Å²) in [6.07, 6.45) is 1.59. The van der Waals surface area contributed by atoms with Gasteiger partial charge >= 0.3 is 0 Å². The molecule has 5 heteroatoms. The van der Waals surface area contributed by atoms with Crippen LogP contribution in [0.5, 0.6) is 0 Å². The van der Waals surface area contributed by atoms with E-state index in [1.165, 1.54) is 6.92 Å². The van der Waals surface area contributed by atoms with Crippen LogP contribution in [0, 0.1) is 11.3 Å². The van der Waals surface area contributed by atoms with Crippen molar-refractivity contribution in [3.8, 4) is 6.07 Å². The zero-order valence-electron chi connectivity index (χ0n) is 10.7. The molecule has 1 aliphatic heterocycles. The maximum Gasteiger partial charge on any atom is 0.217 e. The monoisotopic (exact) mass is 257 g/mol. The minimum atomic E-state index is -0.0383. The molecule has 1 heterocycles. The smallest absolute Gasteiger partial charge is 0.217 e. The maximum atomic E-state index is 11.0. The van der Waals surface area contributed by atoms with Crippen molar-refractivity contribution in [2.45, 2.75) is 19.4 Å². The number of nitrogens with zero attached hydrogens (tertiary/aromatic N) is 2. The van der Waals surface area contributed by atoms with Crippen LogP contribution in [0.15, 0.2) is 18.2 Å². The van der Waals surface area contributed by atoms with Crippen molar-refractivity contribution in [2.75, 3.05) is 18.0 Å². The first-order valence-electron chi connectivity index (χ1n) is 6.15. The van der Waals surface area contributed by atoms with Gasteiger partial charge in [-0.05, 0) is 24.6 Å². The minimum absolute atomic E-state index is 0.0383. The van der Waals surface area contributed by atoms with Crippen LogP contribution >= 0.6 is 0 Å². The van der Waals surface area contributed by atoms with Crippen LogP contribution in [0.1, 0.15) is 29.3 Å². The van der Waals surface area contributed by atoms with Crippen molar-refractivity contribution >= 4 is 17.9 Å². The fourth-order valence-electron chi connectivity index (χ4n) is 2.38. The maximum absolute atomic E-state index is 11.0. The summed E-state index contributed by atoms with van der Waals surface area (Å²) in [5.74, 6) is -0.0383. The molecule has 1 aliphatic rings. The molecule has 1 fully saturated rings. The molecule has 0 saturated carbocycles. The number of aldehydes is 1. The van der Waals surface area contributed by atoms with Gasteiger partial charge in [-0.3, -0.25) is 9.59 Å². The molecule has 0 radical (unpaired) electrons. The van der Waals surface area contributed by atoms with E-state index in [1.54, 1.807) is 18.2 Å². The summed E-state index contributed by atoms with van der Waals surface area (Å²) in [6, 6.07) is 7.32. The number of carbonyl (C=O) groups excluding carboxylic acids is 2. The highest BCUT2D eigenvalue weighted by Gasteiger charge is 2.24. The molecule has 5 nitrogen and oxygen atoms in total. The molecule has 1 atom stereocenters. The lowest BCUT2D eigenvalue weighted by atomic mass is 10.1. The normalized spacial score (nSPS) is 17.9. The third kappa shape index (κ3) is 2.91. The van der Waals surface area contributed by atoms with Gasteiger partial charge in [-0.1, -0.05) is 0 Å². The van der Waals surface area contributed by atoms with Crippen molar-refractivity contribution in [3.63, 3.8) is 0 Å². The molecule has 1 unspecified atom stereocenters. The fraction of sp³-hybridized carbons (Fsp3) is 0.357. The Morgan fingerprint density at radius 2 is 2.37 bits per heavy atom. The molecule has 98 valence electrons. The summed E-state index contributed by atoms with van der Waals surface area (Å²) < 4.78 is 0. The minimum Gasteiger partial charge on any atom is -0.368 e. The van der Waals surface area contributed by atoms with Gasteiger partial charge in [0.2, 0.25) is 5.91 Å². The summed E-state index contributed by atoms with van der Waals surface area (Å²) in [5, 5.41) is 12.0. The van der Waals surface area contributed by atoms with E-state index >= 15 is 0 Å².